The lowest BCUT2D eigenvalue weighted by Crippen LogP contribution is -2.24. The number of methoxy groups -OCH3 is 1. The molecule has 2 rings (SSSR count). The van der Waals surface area contributed by atoms with Crippen molar-refractivity contribution < 1.29 is 14.6 Å². The molecule has 0 amide bonds. The van der Waals surface area contributed by atoms with Crippen LogP contribution < -0.4 is 10.3 Å². The number of fused-ring (bicyclic) bond motifs is 1. The van der Waals surface area contributed by atoms with Crippen LogP contribution in [-0.2, 0) is 11.3 Å². The van der Waals surface area contributed by atoms with E-state index < -0.39 is 5.97 Å². The highest BCUT2D eigenvalue weighted by atomic mass is 16.5. The number of hydrogen-bond donors (Lipinski definition) is 1. The van der Waals surface area contributed by atoms with Crippen LogP contribution >= 0.6 is 0 Å². The molecule has 1 aromatic carbocycles. The highest BCUT2D eigenvalue weighted by Gasteiger charge is 2.10. The Morgan fingerprint density at radius 3 is 2.76 bits per heavy atom. The third-order valence-electron chi connectivity index (χ3n) is 2.49. The quantitative estimate of drug-likeness (QED) is 0.861. The summed E-state index contributed by atoms with van der Waals surface area (Å²) < 4.78 is 6.32. The van der Waals surface area contributed by atoms with Gasteiger partial charge in [0, 0.05) is 11.5 Å². The molecule has 1 N–H and O–H groups in total. The number of pyridine rings is 1. The minimum Gasteiger partial charge on any atom is -0.496 e. The smallest absolute Gasteiger partial charge is 0.323 e. The zero-order valence-corrected chi connectivity index (χ0v) is 9.21. The number of benzene rings is 1. The van der Waals surface area contributed by atoms with E-state index in [-0.39, 0.29) is 12.1 Å². The summed E-state index contributed by atoms with van der Waals surface area (Å²) >= 11 is 0. The Labute approximate surface area is 96.9 Å². The van der Waals surface area contributed by atoms with Crippen LogP contribution in [0.3, 0.4) is 0 Å². The topological polar surface area (TPSA) is 68.5 Å². The first-order chi connectivity index (χ1) is 8.13. The second-order valence-corrected chi connectivity index (χ2v) is 3.55. The molecule has 0 bridgehead atoms. The van der Waals surface area contributed by atoms with E-state index in [9.17, 15) is 9.59 Å². The molecule has 0 radical (unpaired) electrons. The lowest BCUT2D eigenvalue weighted by Gasteiger charge is -2.10. The summed E-state index contributed by atoms with van der Waals surface area (Å²) in [6, 6.07) is 8.33. The van der Waals surface area contributed by atoms with Crippen molar-refractivity contribution in [3.05, 3.63) is 40.7 Å². The van der Waals surface area contributed by atoms with Crippen LogP contribution in [0.5, 0.6) is 5.75 Å². The highest BCUT2D eigenvalue weighted by Crippen LogP contribution is 2.22. The molecule has 1 heterocycles. The number of aromatic nitrogens is 1. The molecule has 0 fully saturated rings. The standard InChI is InChI=1S/C12H11NO4/c1-17-10-6-11(14)13(7-12(15)16)9-5-3-2-4-8(9)10/h2-6H,7H2,1H3,(H,15,16). The minimum absolute atomic E-state index is 0.358. The van der Waals surface area contributed by atoms with Gasteiger partial charge in [0.2, 0.25) is 0 Å². The van der Waals surface area contributed by atoms with Crippen molar-refractivity contribution >= 4 is 16.9 Å². The first-order valence-corrected chi connectivity index (χ1v) is 5.02. The third kappa shape index (κ3) is 1.99. The Morgan fingerprint density at radius 1 is 1.41 bits per heavy atom. The SMILES string of the molecule is COc1cc(=O)n(CC(=O)O)c2ccccc12. The maximum atomic E-state index is 11.8. The summed E-state index contributed by atoms with van der Waals surface area (Å²) in [5.74, 6) is -0.602. The predicted octanol–water partition coefficient (Wildman–Crippen LogP) is 1.09. The van der Waals surface area contributed by atoms with Gasteiger partial charge < -0.3 is 9.84 Å². The van der Waals surface area contributed by atoms with Crippen molar-refractivity contribution in [2.45, 2.75) is 6.54 Å². The number of aliphatic carboxylic acids is 1. The molecule has 5 nitrogen and oxygen atoms in total. The lowest BCUT2D eigenvalue weighted by atomic mass is 10.2. The Morgan fingerprint density at radius 2 is 2.12 bits per heavy atom. The van der Waals surface area contributed by atoms with Gasteiger partial charge in [-0.3, -0.25) is 14.2 Å². The maximum absolute atomic E-state index is 11.8. The number of nitrogens with zero attached hydrogens (tertiary/aromatic N) is 1. The third-order valence-corrected chi connectivity index (χ3v) is 2.49. The van der Waals surface area contributed by atoms with Crippen molar-refractivity contribution in [2.24, 2.45) is 0 Å². The molecule has 0 unspecified atom stereocenters. The second kappa shape index (κ2) is 4.29. The maximum Gasteiger partial charge on any atom is 0.323 e. The fraction of sp³-hybridized carbons (Fsp3) is 0.167. The average molecular weight is 233 g/mol. The number of ether oxygens (including phenoxy) is 1. The number of para-hydroxylation sites is 1. The monoisotopic (exact) mass is 233 g/mol. The fourth-order valence-electron chi connectivity index (χ4n) is 1.77. The van der Waals surface area contributed by atoms with Gasteiger partial charge in [0.05, 0.1) is 12.6 Å². The molecule has 0 aliphatic heterocycles. The second-order valence-electron chi connectivity index (χ2n) is 3.55. The lowest BCUT2D eigenvalue weighted by molar-refractivity contribution is -0.137. The molecule has 0 spiro atoms. The molecule has 0 saturated carbocycles. The molecule has 17 heavy (non-hydrogen) atoms. The Hall–Kier alpha value is -2.30. The van der Waals surface area contributed by atoms with E-state index >= 15 is 0 Å². The Kier molecular flexibility index (Phi) is 2.82. The minimum atomic E-state index is -1.05. The molecule has 0 aliphatic carbocycles. The van der Waals surface area contributed by atoms with E-state index in [4.69, 9.17) is 9.84 Å². The van der Waals surface area contributed by atoms with Gasteiger partial charge >= 0.3 is 5.97 Å². The van der Waals surface area contributed by atoms with Crippen LogP contribution in [-0.4, -0.2) is 22.8 Å². The first-order valence-electron chi connectivity index (χ1n) is 5.02. The van der Waals surface area contributed by atoms with E-state index in [1.165, 1.54) is 17.7 Å². The molecule has 0 aliphatic rings. The molecule has 0 atom stereocenters. The van der Waals surface area contributed by atoms with Gasteiger partial charge in [0.25, 0.3) is 5.56 Å². The van der Waals surface area contributed by atoms with E-state index in [1.54, 1.807) is 24.3 Å². The summed E-state index contributed by atoms with van der Waals surface area (Å²) in [5, 5.41) is 9.50. The largest absolute Gasteiger partial charge is 0.496 e. The van der Waals surface area contributed by atoms with Crippen molar-refractivity contribution in [3.63, 3.8) is 0 Å². The molecule has 5 heteroatoms. The number of carbonyl (C=O) groups is 1. The van der Waals surface area contributed by atoms with Gasteiger partial charge in [-0.1, -0.05) is 12.1 Å². The van der Waals surface area contributed by atoms with Crippen molar-refractivity contribution in [1.29, 1.82) is 0 Å². The Balaban J connectivity index is 2.80. The molecular formula is C12H11NO4. The van der Waals surface area contributed by atoms with Crippen LogP contribution in [0.15, 0.2) is 35.1 Å². The van der Waals surface area contributed by atoms with Crippen molar-refractivity contribution in [3.8, 4) is 5.75 Å². The van der Waals surface area contributed by atoms with Crippen LogP contribution in [0.1, 0.15) is 0 Å². The van der Waals surface area contributed by atoms with E-state index in [1.807, 2.05) is 0 Å². The molecule has 88 valence electrons. The summed E-state index contributed by atoms with van der Waals surface area (Å²) in [5.41, 5.74) is 0.169. The number of hydrogen-bond acceptors (Lipinski definition) is 3. The number of carboxylic acid groups (broad SMARTS) is 1. The van der Waals surface area contributed by atoms with E-state index in [0.29, 0.717) is 11.3 Å². The molecule has 1 aromatic heterocycles. The van der Waals surface area contributed by atoms with Gasteiger partial charge in [-0.2, -0.15) is 0 Å². The summed E-state index contributed by atoms with van der Waals surface area (Å²) in [7, 11) is 1.47. The van der Waals surface area contributed by atoms with Crippen molar-refractivity contribution in [2.75, 3.05) is 7.11 Å². The summed E-state index contributed by atoms with van der Waals surface area (Å²) in [6.45, 7) is -0.358. The zero-order chi connectivity index (χ0) is 12.4. The van der Waals surface area contributed by atoms with E-state index in [2.05, 4.69) is 0 Å². The average Bonchev–Trinajstić information content (AvgIpc) is 2.32. The Bertz CT molecular complexity index is 630. The molecule has 0 saturated heterocycles. The predicted molar refractivity (Wildman–Crippen MR) is 62.4 cm³/mol. The van der Waals surface area contributed by atoms with Gasteiger partial charge in [0.15, 0.2) is 0 Å². The van der Waals surface area contributed by atoms with Gasteiger partial charge in [-0.05, 0) is 12.1 Å². The number of rotatable bonds is 3. The van der Waals surface area contributed by atoms with Gasteiger partial charge in [0.1, 0.15) is 12.3 Å². The van der Waals surface area contributed by atoms with Crippen LogP contribution in [0.25, 0.3) is 10.9 Å². The highest BCUT2D eigenvalue weighted by molar-refractivity contribution is 5.86. The van der Waals surface area contributed by atoms with Crippen LogP contribution in [0, 0.1) is 0 Å². The zero-order valence-electron chi connectivity index (χ0n) is 9.21. The summed E-state index contributed by atoms with van der Waals surface area (Å²) in [6.07, 6.45) is 0. The molecular weight excluding hydrogens is 222 g/mol. The normalized spacial score (nSPS) is 10.4. The molecule has 2 aromatic rings. The van der Waals surface area contributed by atoms with Crippen LogP contribution in [0.2, 0.25) is 0 Å². The summed E-state index contributed by atoms with van der Waals surface area (Å²) in [4.78, 5) is 22.5. The first kappa shape index (κ1) is 11.2. The van der Waals surface area contributed by atoms with Gasteiger partial charge in [-0.15, -0.1) is 0 Å². The fourth-order valence-corrected chi connectivity index (χ4v) is 1.77. The van der Waals surface area contributed by atoms with Crippen molar-refractivity contribution in [1.82, 2.24) is 4.57 Å². The van der Waals surface area contributed by atoms with Crippen LogP contribution in [0.4, 0.5) is 0 Å². The number of carboxylic acids is 1. The van der Waals surface area contributed by atoms with Gasteiger partial charge in [-0.25, -0.2) is 0 Å². The van der Waals surface area contributed by atoms with E-state index in [0.717, 1.165) is 5.39 Å².